The normalized spacial score (nSPS) is 18.3. The lowest BCUT2D eigenvalue weighted by molar-refractivity contribution is -0.115. The fourth-order valence-corrected chi connectivity index (χ4v) is 3.63. The lowest BCUT2D eigenvalue weighted by atomic mass is 9.82. The number of nitrogens with zero attached hydrogens (tertiary/aromatic N) is 5. The van der Waals surface area contributed by atoms with Gasteiger partial charge in [-0.3, -0.25) is 9.48 Å². The average Bonchev–Trinajstić information content (AvgIpc) is 3.35. The van der Waals surface area contributed by atoms with Gasteiger partial charge < -0.3 is 10.6 Å². The van der Waals surface area contributed by atoms with Crippen LogP contribution in [0.2, 0.25) is 0 Å². The van der Waals surface area contributed by atoms with E-state index in [9.17, 15) is 4.79 Å². The van der Waals surface area contributed by atoms with Crippen molar-refractivity contribution in [3.05, 3.63) is 60.8 Å². The first-order valence-corrected chi connectivity index (χ1v) is 9.33. The number of hydrogen-bond acceptors (Lipinski definition) is 5. The molecule has 0 unspecified atom stereocenters. The maximum atomic E-state index is 11.4. The number of aryl methyl sites for hydroxylation is 1. The van der Waals surface area contributed by atoms with Crippen molar-refractivity contribution in [1.82, 2.24) is 29.7 Å². The summed E-state index contributed by atoms with van der Waals surface area (Å²) >= 11 is 0. The quantitative estimate of drug-likeness (QED) is 0.667. The van der Waals surface area contributed by atoms with Crippen molar-refractivity contribution in [2.75, 3.05) is 5.32 Å². The molecule has 0 aromatic carbocycles. The van der Waals surface area contributed by atoms with Gasteiger partial charge in [-0.15, -0.1) is 0 Å². The van der Waals surface area contributed by atoms with Crippen LogP contribution >= 0.6 is 0 Å². The number of amides is 1. The lowest BCUT2D eigenvalue weighted by Crippen LogP contribution is -2.16. The predicted molar refractivity (Wildman–Crippen MR) is 107 cm³/mol. The van der Waals surface area contributed by atoms with Crippen molar-refractivity contribution in [1.29, 1.82) is 0 Å². The third-order valence-electron chi connectivity index (χ3n) is 5.01. The zero-order valence-corrected chi connectivity index (χ0v) is 15.8. The number of carbonyl (C=O) groups is 1. The summed E-state index contributed by atoms with van der Waals surface area (Å²) in [6, 6.07) is 4.05. The number of aromatic nitrogens is 5. The highest BCUT2D eigenvalue weighted by atomic mass is 16.1. The van der Waals surface area contributed by atoms with Crippen molar-refractivity contribution in [2.45, 2.75) is 31.6 Å². The second-order valence-corrected chi connectivity index (χ2v) is 7.02. The van der Waals surface area contributed by atoms with Crippen LogP contribution in [0.5, 0.6) is 0 Å². The van der Waals surface area contributed by atoms with Crippen LogP contribution in [0.3, 0.4) is 0 Å². The van der Waals surface area contributed by atoms with E-state index in [-0.39, 0.29) is 5.91 Å². The SMILES string of the molecule is C=CC(=O)N/C=C1/CCC[C@H](c2cc(Nc3ccn(C)n3)c3ncnn3c2)C1. The molecular weight excluding hydrogens is 354 g/mol. The van der Waals surface area contributed by atoms with Gasteiger partial charge in [-0.1, -0.05) is 12.2 Å². The first kappa shape index (κ1) is 18.0. The summed E-state index contributed by atoms with van der Waals surface area (Å²) in [6.07, 6.45) is 12.7. The van der Waals surface area contributed by atoms with E-state index in [1.807, 2.05) is 31.7 Å². The van der Waals surface area contributed by atoms with Crippen LogP contribution in [-0.4, -0.2) is 30.3 Å². The minimum Gasteiger partial charge on any atom is -0.336 e. The third-order valence-corrected chi connectivity index (χ3v) is 5.01. The number of allylic oxidation sites excluding steroid dienone is 1. The van der Waals surface area contributed by atoms with Gasteiger partial charge in [-0.2, -0.15) is 10.2 Å². The topological polar surface area (TPSA) is 89.1 Å². The van der Waals surface area contributed by atoms with Crippen molar-refractivity contribution in [3.63, 3.8) is 0 Å². The highest BCUT2D eigenvalue weighted by molar-refractivity contribution is 5.87. The molecule has 28 heavy (non-hydrogen) atoms. The molecule has 8 nitrogen and oxygen atoms in total. The van der Waals surface area contributed by atoms with Crippen LogP contribution in [0.1, 0.15) is 37.2 Å². The van der Waals surface area contributed by atoms with Crippen LogP contribution in [0.15, 0.2) is 55.3 Å². The summed E-state index contributed by atoms with van der Waals surface area (Å²) in [6.45, 7) is 3.49. The van der Waals surface area contributed by atoms with E-state index in [2.05, 4.69) is 38.5 Å². The predicted octanol–water partition coefficient (Wildman–Crippen LogP) is 3.05. The molecule has 3 aromatic heterocycles. The van der Waals surface area contributed by atoms with E-state index in [0.717, 1.165) is 42.8 Å². The maximum absolute atomic E-state index is 11.4. The Bertz CT molecular complexity index is 1050. The molecule has 0 radical (unpaired) electrons. The van der Waals surface area contributed by atoms with Gasteiger partial charge in [-0.25, -0.2) is 9.50 Å². The molecule has 1 aliphatic carbocycles. The Kier molecular flexibility index (Phi) is 4.92. The number of rotatable bonds is 5. The fourth-order valence-electron chi connectivity index (χ4n) is 3.63. The summed E-state index contributed by atoms with van der Waals surface area (Å²) in [5.41, 5.74) is 4.07. The molecule has 1 fully saturated rings. The standard InChI is InChI=1S/C20H23N7O/c1-3-19(28)21-11-14-5-4-6-15(9-14)16-10-17(20-22-13-23-27(20)12-16)24-18-7-8-26(2)25-18/h3,7-8,10-13,15H,1,4-6,9H2,2H3,(H,21,28)(H,24,25)/b14-11-/t15-/m0/s1. The number of fused-ring (bicyclic) bond motifs is 1. The molecule has 1 amide bonds. The molecule has 0 saturated heterocycles. The highest BCUT2D eigenvalue weighted by Crippen LogP contribution is 2.37. The van der Waals surface area contributed by atoms with E-state index in [4.69, 9.17) is 0 Å². The smallest absolute Gasteiger partial charge is 0.247 e. The molecular formula is C20H23N7O. The molecule has 8 heteroatoms. The molecule has 3 aromatic rings. The Morgan fingerprint density at radius 2 is 2.32 bits per heavy atom. The van der Waals surface area contributed by atoms with Crippen molar-refractivity contribution in [3.8, 4) is 0 Å². The van der Waals surface area contributed by atoms with E-state index >= 15 is 0 Å². The van der Waals surface area contributed by atoms with E-state index < -0.39 is 0 Å². The Morgan fingerprint density at radius 1 is 1.43 bits per heavy atom. The molecule has 2 N–H and O–H groups in total. The first-order chi connectivity index (χ1) is 13.6. The molecule has 1 saturated carbocycles. The largest absolute Gasteiger partial charge is 0.336 e. The van der Waals surface area contributed by atoms with Gasteiger partial charge >= 0.3 is 0 Å². The van der Waals surface area contributed by atoms with E-state index in [0.29, 0.717) is 5.92 Å². The number of carbonyl (C=O) groups excluding carboxylic acids is 1. The molecule has 3 heterocycles. The third kappa shape index (κ3) is 3.80. The Labute approximate surface area is 163 Å². The number of pyridine rings is 1. The fraction of sp³-hybridized carbons (Fsp3) is 0.300. The summed E-state index contributed by atoms with van der Waals surface area (Å²) < 4.78 is 3.56. The monoisotopic (exact) mass is 377 g/mol. The average molecular weight is 377 g/mol. The van der Waals surface area contributed by atoms with Gasteiger partial charge in [0, 0.05) is 31.7 Å². The van der Waals surface area contributed by atoms with Crippen molar-refractivity contribution in [2.24, 2.45) is 7.05 Å². The minimum atomic E-state index is -0.180. The van der Waals surface area contributed by atoms with Gasteiger partial charge in [0.05, 0.1) is 5.69 Å². The molecule has 144 valence electrons. The van der Waals surface area contributed by atoms with E-state index in [1.165, 1.54) is 17.2 Å². The second-order valence-electron chi connectivity index (χ2n) is 7.02. The minimum absolute atomic E-state index is 0.180. The van der Waals surface area contributed by atoms with E-state index in [1.54, 1.807) is 15.5 Å². The summed E-state index contributed by atoms with van der Waals surface area (Å²) in [5, 5.41) is 14.9. The summed E-state index contributed by atoms with van der Waals surface area (Å²) in [7, 11) is 1.88. The maximum Gasteiger partial charge on any atom is 0.247 e. The zero-order valence-electron chi connectivity index (χ0n) is 15.8. The number of anilines is 2. The van der Waals surface area contributed by atoms with Crippen molar-refractivity contribution >= 4 is 23.1 Å². The Morgan fingerprint density at radius 3 is 3.11 bits per heavy atom. The number of hydrogen-bond donors (Lipinski definition) is 2. The Hall–Kier alpha value is -3.42. The van der Waals surface area contributed by atoms with Crippen molar-refractivity contribution < 1.29 is 4.79 Å². The molecule has 0 aliphatic heterocycles. The van der Waals surface area contributed by atoms with Crippen LogP contribution in [0.25, 0.3) is 5.65 Å². The Balaban J connectivity index is 1.61. The lowest BCUT2D eigenvalue weighted by Gasteiger charge is -2.25. The zero-order chi connectivity index (χ0) is 19.5. The van der Waals surface area contributed by atoms with Gasteiger partial charge in [0.25, 0.3) is 0 Å². The van der Waals surface area contributed by atoms with Gasteiger partial charge in [0.1, 0.15) is 6.33 Å². The van der Waals surface area contributed by atoms with Crippen LogP contribution in [-0.2, 0) is 11.8 Å². The van der Waals surface area contributed by atoms with Crippen LogP contribution in [0, 0.1) is 0 Å². The highest BCUT2D eigenvalue weighted by Gasteiger charge is 2.21. The molecule has 1 aliphatic rings. The summed E-state index contributed by atoms with van der Waals surface area (Å²) in [5.74, 6) is 0.944. The second kappa shape index (κ2) is 7.67. The van der Waals surface area contributed by atoms with Gasteiger partial charge in [-0.05, 0) is 49.3 Å². The van der Waals surface area contributed by atoms with Gasteiger partial charge in [0.15, 0.2) is 11.5 Å². The first-order valence-electron chi connectivity index (χ1n) is 9.33. The molecule has 1 atom stereocenters. The molecule has 0 spiro atoms. The molecule has 4 rings (SSSR count). The van der Waals surface area contributed by atoms with Crippen LogP contribution in [0.4, 0.5) is 11.5 Å². The summed E-state index contributed by atoms with van der Waals surface area (Å²) in [4.78, 5) is 15.8. The number of nitrogens with one attached hydrogen (secondary N) is 2. The van der Waals surface area contributed by atoms with Crippen LogP contribution < -0.4 is 10.6 Å². The molecule has 0 bridgehead atoms. The van der Waals surface area contributed by atoms with Gasteiger partial charge in [0.2, 0.25) is 5.91 Å².